The van der Waals surface area contributed by atoms with Crippen LogP contribution in [0.4, 0.5) is 5.69 Å². The molecular formula is C13H16N4O. The average molecular weight is 244 g/mol. The third kappa shape index (κ3) is 2.60. The highest BCUT2D eigenvalue weighted by molar-refractivity contribution is 5.76. The molecule has 0 aliphatic heterocycles. The van der Waals surface area contributed by atoms with Crippen LogP contribution in [0.25, 0.3) is 11.1 Å². The lowest BCUT2D eigenvalue weighted by atomic mass is 10.2. The normalized spacial score (nSPS) is 12.8. The number of rotatable bonds is 4. The molecule has 1 aromatic carbocycles. The number of benzene rings is 1. The van der Waals surface area contributed by atoms with Crippen molar-refractivity contribution in [2.24, 2.45) is 0 Å². The van der Waals surface area contributed by atoms with Gasteiger partial charge >= 0.3 is 0 Å². The van der Waals surface area contributed by atoms with E-state index in [1.807, 2.05) is 24.9 Å². The summed E-state index contributed by atoms with van der Waals surface area (Å²) in [6.07, 6.45) is 0.490. The molecule has 1 aromatic heterocycles. The lowest BCUT2D eigenvalue weighted by molar-refractivity contribution is 0.230. The fraction of sp³-hybridized carbons (Fsp3) is 0.385. The molecular weight excluding hydrogens is 228 g/mol. The van der Waals surface area contributed by atoms with Crippen LogP contribution in [0.2, 0.25) is 0 Å². The zero-order chi connectivity index (χ0) is 13.1. The van der Waals surface area contributed by atoms with E-state index in [0.29, 0.717) is 30.1 Å². The predicted octanol–water partition coefficient (Wildman–Crippen LogP) is 2.14. The minimum absolute atomic E-state index is 0.176. The maximum absolute atomic E-state index is 8.67. The van der Waals surface area contributed by atoms with Crippen molar-refractivity contribution in [2.45, 2.75) is 25.9 Å². The van der Waals surface area contributed by atoms with Crippen LogP contribution < -0.4 is 5.73 Å². The smallest absolute Gasteiger partial charge is 0.209 e. The Labute approximate surface area is 106 Å². The van der Waals surface area contributed by atoms with E-state index in [-0.39, 0.29) is 6.04 Å². The molecule has 2 N–H and O–H groups in total. The molecule has 2 aromatic rings. The van der Waals surface area contributed by atoms with E-state index < -0.39 is 0 Å². The summed E-state index contributed by atoms with van der Waals surface area (Å²) in [4.78, 5) is 6.43. The molecule has 0 fully saturated rings. The standard InChI is InChI=1S/C13H16N4O/c1-9(5-6-14)17(2)8-13-16-11-4-3-10(15)7-12(11)18-13/h3-4,7,9H,5,8,15H2,1-2H3. The van der Waals surface area contributed by atoms with Gasteiger partial charge in [0.1, 0.15) is 5.52 Å². The quantitative estimate of drug-likeness (QED) is 0.833. The molecule has 0 saturated heterocycles. The van der Waals surface area contributed by atoms with Crippen molar-refractivity contribution in [3.63, 3.8) is 0 Å². The number of oxazole rings is 1. The molecule has 0 bridgehead atoms. The van der Waals surface area contributed by atoms with E-state index >= 15 is 0 Å². The molecule has 0 spiro atoms. The van der Waals surface area contributed by atoms with Crippen molar-refractivity contribution in [3.8, 4) is 6.07 Å². The summed E-state index contributed by atoms with van der Waals surface area (Å²) >= 11 is 0. The molecule has 5 nitrogen and oxygen atoms in total. The van der Waals surface area contributed by atoms with Crippen molar-refractivity contribution < 1.29 is 4.42 Å². The highest BCUT2D eigenvalue weighted by Gasteiger charge is 2.13. The van der Waals surface area contributed by atoms with Gasteiger partial charge in [0.25, 0.3) is 0 Å². The summed E-state index contributed by atoms with van der Waals surface area (Å²) in [7, 11) is 1.95. The maximum Gasteiger partial charge on any atom is 0.209 e. The predicted molar refractivity (Wildman–Crippen MR) is 69.6 cm³/mol. The van der Waals surface area contributed by atoms with Gasteiger partial charge in [-0.15, -0.1) is 0 Å². The molecule has 1 heterocycles. The van der Waals surface area contributed by atoms with Crippen molar-refractivity contribution >= 4 is 16.8 Å². The van der Waals surface area contributed by atoms with Crippen LogP contribution in [-0.2, 0) is 6.54 Å². The molecule has 1 unspecified atom stereocenters. The van der Waals surface area contributed by atoms with Gasteiger partial charge in [-0.2, -0.15) is 5.26 Å². The second kappa shape index (κ2) is 5.07. The number of hydrogen-bond acceptors (Lipinski definition) is 5. The topological polar surface area (TPSA) is 79.1 Å². The number of nitrogens with zero attached hydrogens (tertiary/aromatic N) is 3. The van der Waals surface area contributed by atoms with Crippen LogP contribution in [-0.4, -0.2) is 23.0 Å². The summed E-state index contributed by atoms with van der Waals surface area (Å²) in [5.74, 6) is 0.642. The SMILES string of the molecule is CC(CC#N)N(C)Cc1nc2ccc(N)cc2o1. The highest BCUT2D eigenvalue weighted by Crippen LogP contribution is 2.19. The van der Waals surface area contributed by atoms with E-state index in [0.717, 1.165) is 5.52 Å². The molecule has 1 atom stereocenters. The van der Waals surface area contributed by atoms with E-state index in [1.54, 1.807) is 12.1 Å². The number of hydrogen-bond donors (Lipinski definition) is 1. The number of nitrogen functional groups attached to an aromatic ring is 1. The van der Waals surface area contributed by atoms with Crippen LogP contribution in [0.15, 0.2) is 22.6 Å². The largest absolute Gasteiger partial charge is 0.439 e. The maximum atomic E-state index is 8.67. The Balaban J connectivity index is 2.15. The lowest BCUT2D eigenvalue weighted by Crippen LogP contribution is -2.28. The van der Waals surface area contributed by atoms with Crippen LogP contribution in [0, 0.1) is 11.3 Å². The highest BCUT2D eigenvalue weighted by atomic mass is 16.3. The first kappa shape index (κ1) is 12.4. The Morgan fingerprint density at radius 3 is 3.06 bits per heavy atom. The van der Waals surface area contributed by atoms with Crippen molar-refractivity contribution in [1.82, 2.24) is 9.88 Å². The van der Waals surface area contributed by atoms with Crippen molar-refractivity contribution in [1.29, 1.82) is 5.26 Å². The third-order valence-corrected chi connectivity index (χ3v) is 2.98. The molecule has 2 rings (SSSR count). The lowest BCUT2D eigenvalue weighted by Gasteiger charge is -2.20. The molecule has 0 aliphatic rings. The van der Waals surface area contributed by atoms with Crippen molar-refractivity contribution in [3.05, 3.63) is 24.1 Å². The molecule has 0 saturated carbocycles. The van der Waals surface area contributed by atoms with Gasteiger partial charge in [0, 0.05) is 17.8 Å². The Hall–Kier alpha value is -2.06. The molecule has 94 valence electrons. The number of nitriles is 1. The van der Waals surface area contributed by atoms with E-state index in [4.69, 9.17) is 15.4 Å². The number of aromatic nitrogens is 1. The molecule has 0 amide bonds. The summed E-state index contributed by atoms with van der Waals surface area (Å²) in [6.45, 7) is 2.58. The Morgan fingerprint density at radius 2 is 2.33 bits per heavy atom. The summed E-state index contributed by atoms with van der Waals surface area (Å²) in [5.41, 5.74) is 7.86. The van der Waals surface area contributed by atoms with Crippen LogP contribution in [0.1, 0.15) is 19.2 Å². The van der Waals surface area contributed by atoms with Gasteiger partial charge in [0.15, 0.2) is 5.58 Å². The van der Waals surface area contributed by atoms with Gasteiger partial charge in [0.05, 0.1) is 19.0 Å². The van der Waals surface area contributed by atoms with Gasteiger partial charge in [0.2, 0.25) is 5.89 Å². The van der Waals surface area contributed by atoms with Crippen LogP contribution in [0.3, 0.4) is 0 Å². The fourth-order valence-electron chi connectivity index (χ4n) is 1.71. The van der Waals surface area contributed by atoms with E-state index in [1.165, 1.54) is 0 Å². The fourth-order valence-corrected chi connectivity index (χ4v) is 1.71. The van der Waals surface area contributed by atoms with E-state index in [9.17, 15) is 0 Å². The Kier molecular flexibility index (Phi) is 3.49. The van der Waals surface area contributed by atoms with Gasteiger partial charge < -0.3 is 10.2 Å². The Morgan fingerprint density at radius 1 is 1.56 bits per heavy atom. The monoisotopic (exact) mass is 244 g/mol. The summed E-state index contributed by atoms with van der Waals surface area (Å²) in [5, 5.41) is 8.67. The van der Waals surface area contributed by atoms with E-state index in [2.05, 4.69) is 11.1 Å². The van der Waals surface area contributed by atoms with Gasteiger partial charge in [-0.05, 0) is 26.1 Å². The van der Waals surface area contributed by atoms with Crippen LogP contribution in [0.5, 0.6) is 0 Å². The minimum atomic E-state index is 0.176. The zero-order valence-electron chi connectivity index (χ0n) is 10.6. The first-order valence-corrected chi connectivity index (χ1v) is 5.82. The van der Waals surface area contributed by atoms with Crippen molar-refractivity contribution in [2.75, 3.05) is 12.8 Å². The second-order valence-electron chi connectivity index (χ2n) is 4.46. The summed E-state index contributed by atoms with van der Waals surface area (Å²) < 4.78 is 5.63. The molecule has 5 heteroatoms. The Bertz CT molecular complexity index is 584. The number of fused-ring (bicyclic) bond motifs is 1. The summed E-state index contributed by atoms with van der Waals surface area (Å²) in [6, 6.07) is 7.75. The molecule has 0 aliphatic carbocycles. The molecule has 18 heavy (non-hydrogen) atoms. The van der Waals surface area contributed by atoms with Gasteiger partial charge in [-0.3, -0.25) is 4.90 Å². The number of anilines is 1. The molecule has 0 radical (unpaired) electrons. The number of nitrogens with two attached hydrogens (primary N) is 1. The van der Waals surface area contributed by atoms with Gasteiger partial charge in [-0.25, -0.2) is 4.98 Å². The van der Waals surface area contributed by atoms with Crippen LogP contribution >= 0.6 is 0 Å². The second-order valence-corrected chi connectivity index (χ2v) is 4.46. The minimum Gasteiger partial charge on any atom is -0.439 e. The first-order valence-electron chi connectivity index (χ1n) is 5.82. The average Bonchev–Trinajstić information content (AvgIpc) is 2.70. The zero-order valence-corrected chi connectivity index (χ0v) is 10.6. The van der Waals surface area contributed by atoms with Gasteiger partial charge in [-0.1, -0.05) is 0 Å². The third-order valence-electron chi connectivity index (χ3n) is 2.98. The first-order chi connectivity index (χ1) is 8.60.